The van der Waals surface area contributed by atoms with Crippen LogP contribution >= 0.6 is 0 Å². The summed E-state index contributed by atoms with van der Waals surface area (Å²) in [6.45, 7) is 8.47. The molecular weight excluding hydrogens is 184 g/mol. The molecule has 1 saturated carbocycles. The van der Waals surface area contributed by atoms with Crippen molar-refractivity contribution in [2.75, 3.05) is 19.6 Å². The molecule has 0 bridgehead atoms. The molecule has 2 heteroatoms. The van der Waals surface area contributed by atoms with Crippen molar-refractivity contribution in [3.8, 4) is 0 Å². The highest BCUT2D eigenvalue weighted by molar-refractivity contribution is 4.92. The highest BCUT2D eigenvalue weighted by atomic mass is 15.2. The van der Waals surface area contributed by atoms with Crippen LogP contribution in [0.25, 0.3) is 0 Å². The van der Waals surface area contributed by atoms with E-state index in [-0.39, 0.29) is 0 Å². The number of hydrogen-bond donors (Lipinski definition) is 1. The van der Waals surface area contributed by atoms with Crippen LogP contribution in [0.2, 0.25) is 0 Å². The van der Waals surface area contributed by atoms with Crippen LogP contribution in [0, 0.1) is 5.92 Å². The Hall–Kier alpha value is -0.0800. The average Bonchev–Trinajstić information content (AvgIpc) is 3.09. The maximum Gasteiger partial charge on any atom is 0.0198 e. The first-order valence-electron chi connectivity index (χ1n) is 6.80. The Labute approximate surface area is 94.4 Å². The number of likely N-dealkylation sites (tertiary alicyclic amines) is 1. The number of hydrogen-bond acceptors (Lipinski definition) is 2. The number of rotatable bonds is 5. The maximum atomic E-state index is 3.71. The van der Waals surface area contributed by atoms with Crippen LogP contribution in [0.5, 0.6) is 0 Å². The van der Waals surface area contributed by atoms with E-state index in [1.807, 2.05) is 0 Å². The van der Waals surface area contributed by atoms with E-state index in [1.165, 1.54) is 51.7 Å². The van der Waals surface area contributed by atoms with Crippen LogP contribution < -0.4 is 5.32 Å². The van der Waals surface area contributed by atoms with E-state index in [4.69, 9.17) is 0 Å². The van der Waals surface area contributed by atoms with Gasteiger partial charge in [-0.1, -0.05) is 20.3 Å². The fourth-order valence-corrected chi connectivity index (χ4v) is 2.77. The summed E-state index contributed by atoms with van der Waals surface area (Å²) in [4.78, 5) is 2.74. The molecule has 2 fully saturated rings. The van der Waals surface area contributed by atoms with E-state index in [0.717, 1.165) is 18.0 Å². The largest absolute Gasteiger partial charge is 0.313 e. The van der Waals surface area contributed by atoms with Crippen molar-refractivity contribution in [2.24, 2.45) is 5.92 Å². The van der Waals surface area contributed by atoms with E-state index in [0.29, 0.717) is 0 Å². The molecule has 1 N–H and O–H groups in total. The van der Waals surface area contributed by atoms with Crippen molar-refractivity contribution in [3.05, 3.63) is 0 Å². The van der Waals surface area contributed by atoms with Crippen LogP contribution in [-0.2, 0) is 0 Å². The van der Waals surface area contributed by atoms with Gasteiger partial charge in [0.15, 0.2) is 0 Å². The van der Waals surface area contributed by atoms with Crippen molar-refractivity contribution in [1.29, 1.82) is 0 Å². The lowest BCUT2D eigenvalue weighted by Gasteiger charge is -2.38. The minimum Gasteiger partial charge on any atom is -0.313 e. The molecule has 15 heavy (non-hydrogen) atoms. The van der Waals surface area contributed by atoms with Gasteiger partial charge in [-0.15, -0.1) is 0 Å². The highest BCUT2D eigenvalue weighted by Gasteiger charge is 2.35. The molecule has 2 atom stereocenters. The van der Waals surface area contributed by atoms with E-state index >= 15 is 0 Å². The van der Waals surface area contributed by atoms with Gasteiger partial charge in [-0.25, -0.2) is 0 Å². The van der Waals surface area contributed by atoms with Gasteiger partial charge in [0.1, 0.15) is 0 Å². The normalized spacial score (nSPS) is 33.2. The molecule has 2 rings (SSSR count). The fourth-order valence-electron chi connectivity index (χ4n) is 2.77. The molecule has 0 aromatic carbocycles. The van der Waals surface area contributed by atoms with Crippen molar-refractivity contribution < 1.29 is 0 Å². The lowest BCUT2D eigenvalue weighted by atomic mass is 9.92. The first kappa shape index (κ1) is 11.4. The Morgan fingerprint density at radius 2 is 2.00 bits per heavy atom. The zero-order valence-corrected chi connectivity index (χ0v) is 10.3. The standard InChI is InChI=1S/C13H26N2/c1-3-7-14-12-8-11(4-2)9-15(10-12)13-5-6-13/h11-14H,3-10H2,1-2H3. The van der Waals surface area contributed by atoms with Gasteiger partial charge in [-0.2, -0.15) is 0 Å². The van der Waals surface area contributed by atoms with Crippen molar-refractivity contribution in [3.63, 3.8) is 0 Å². The monoisotopic (exact) mass is 210 g/mol. The van der Waals surface area contributed by atoms with E-state index in [9.17, 15) is 0 Å². The van der Waals surface area contributed by atoms with Crippen molar-refractivity contribution in [2.45, 2.75) is 58.0 Å². The molecule has 0 spiro atoms. The Kier molecular flexibility index (Phi) is 4.04. The minimum atomic E-state index is 0.768. The number of nitrogens with one attached hydrogen (secondary N) is 1. The van der Waals surface area contributed by atoms with E-state index in [1.54, 1.807) is 0 Å². The molecule has 1 saturated heterocycles. The molecule has 0 radical (unpaired) electrons. The fraction of sp³-hybridized carbons (Fsp3) is 1.00. The van der Waals surface area contributed by atoms with Gasteiger partial charge in [0.05, 0.1) is 0 Å². The first-order valence-corrected chi connectivity index (χ1v) is 6.80. The smallest absolute Gasteiger partial charge is 0.0198 e. The lowest BCUT2D eigenvalue weighted by molar-refractivity contribution is 0.131. The van der Waals surface area contributed by atoms with Crippen LogP contribution in [0.3, 0.4) is 0 Å². The van der Waals surface area contributed by atoms with Gasteiger partial charge in [-0.3, -0.25) is 4.90 Å². The van der Waals surface area contributed by atoms with Crippen molar-refractivity contribution in [1.82, 2.24) is 10.2 Å². The quantitative estimate of drug-likeness (QED) is 0.749. The number of nitrogens with zero attached hydrogens (tertiary/aromatic N) is 1. The minimum absolute atomic E-state index is 0.768. The molecule has 88 valence electrons. The lowest BCUT2D eigenvalue weighted by Crippen LogP contribution is -2.50. The SMILES string of the molecule is CCCNC1CC(CC)CN(C2CC2)C1. The van der Waals surface area contributed by atoms with Gasteiger partial charge >= 0.3 is 0 Å². The summed E-state index contributed by atoms with van der Waals surface area (Å²) in [6.07, 6.45) is 6.93. The highest BCUT2D eigenvalue weighted by Crippen LogP contribution is 2.31. The molecule has 2 aliphatic rings. The second-order valence-corrected chi connectivity index (χ2v) is 5.35. The second kappa shape index (κ2) is 5.31. The van der Waals surface area contributed by atoms with Gasteiger partial charge < -0.3 is 5.32 Å². The van der Waals surface area contributed by atoms with Gasteiger partial charge in [0, 0.05) is 25.2 Å². The predicted molar refractivity (Wildman–Crippen MR) is 65.1 cm³/mol. The van der Waals surface area contributed by atoms with Gasteiger partial charge in [-0.05, 0) is 38.1 Å². The summed E-state index contributed by atoms with van der Waals surface area (Å²) in [5.74, 6) is 0.939. The Balaban J connectivity index is 1.82. The Morgan fingerprint density at radius 1 is 1.20 bits per heavy atom. The van der Waals surface area contributed by atoms with E-state index < -0.39 is 0 Å². The average molecular weight is 210 g/mol. The summed E-state index contributed by atoms with van der Waals surface area (Å²) in [6, 6.07) is 1.72. The molecule has 0 amide bonds. The number of piperidine rings is 1. The molecule has 1 aliphatic carbocycles. The molecular formula is C13H26N2. The van der Waals surface area contributed by atoms with Crippen LogP contribution in [0.1, 0.15) is 46.0 Å². The first-order chi connectivity index (χ1) is 7.33. The third-order valence-electron chi connectivity index (χ3n) is 3.89. The van der Waals surface area contributed by atoms with Crippen LogP contribution in [0.15, 0.2) is 0 Å². The zero-order chi connectivity index (χ0) is 10.7. The van der Waals surface area contributed by atoms with Gasteiger partial charge in [0.2, 0.25) is 0 Å². The topological polar surface area (TPSA) is 15.3 Å². The second-order valence-electron chi connectivity index (χ2n) is 5.35. The predicted octanol–water partition coefficient (Wildman–Crippen LogP) is 2.25. The third-order valence-corrected chi connectivity index (χ3v) is 3.89. The zero-order valence-electron chi connectivity index (χ0n) is 10.3. The summed E-state index contributed by atoms with van der Waals surface area (Å²) in [7, 11) is 0. The van der Waals surface area contributed by atoms with E-state index in [2.05, 4.69) is 24.1 Å². The third kappa shape index (κ3) is 3.18. The molecule has 1 aliphatic heterocycles. The molecule has 0 aromatic rings. The maximum absolute atomic E-state index is 3.71. The van der Waals surface area contributed by atoms with Crippen LogP contribution in [0.4, 0.5) is 0 Å². The summed E-state index contributed by atoms with van der Waals surface area (Å²) in [5, 5.41) is 3.71. The van der Waals surface area contributed by atoms with Crippen LogP contribution in [-0.4, -0.2) is 36.6 Å². The van der Waals surface area contributed by atoms with Gasteiger partial charge in [0.25, 0.3) is 0 Å². The molecule has 2 unspecified atom stereocenters. The molecule has 0 aromatic heterocycles. The Bertz CT molecular complexity index is 189. The van der Waals surface area contributed by atoms with Crippen molar-refractivity contribution >= 4 is 0 Å². The summed E-state index contributed by atoms with van der Waals surface area (Å²) >= 11 is 0. The summed E-state index contributed by atoms with van der Waals surface area (Å²) < 4.78 is 0. The Morgan fingerprint density at radius 3 is 2.60 bits per heavy atom. The molecule has 1 heterocycles. The molecule has 2 nitrogen and oxygen atoms in total. The summed E-state index contributed by atoms with van der Waals surface area (Å²) in [5.41, 5.74) is 0.